The highest BCUT2D eigenvalue weighted by molar-refractivity contribution is 6.13. The van der Waals surface area contributed by atoms with Gasteiger partial charge in [-0.15, -0.1) is 0 Å². The first-order valence-electron chi connectivity index (χ1n) is 24.8. The third-order valence-corrected chi connectivity index (χ3v) is 11.9. The molecule has 13 N–H and O–H groups in total. The molecule has 0 saturated heterocycles. The van der Waals surface area contributed by atoms with E-state index in [0.717, 1.165) is 5.56 Å². The largest absolute Gasteiger partial charge is 0.481 e. The summed E-state index contributed by atoms with van der Waals surface area (Å²) in [6.45, 7) is 1.22. The predicted octanol–water partition coefficient (Wildman–Crippen LogP) is 7.65. The second-order valence-corrected chi connectivity index (χ2v) is 17.7. The molecule has 5 amide bonds. The van der Waals surface area contributed by atoms with Crippen LogP contribution in [0.4, 0.5) is 22.7 Å². The topological polar surface area (TPSA) is 355 Å². The zero-order chi connectivity index (χ0) is 57.3. The highest BCUT2D eigenvalue weighted by Crippen LogP contribution is 2.36. The molecule has 0 radical (unpaired) electrons. The molecule has 1 atom stereocenters. The molecule has 0 aliphatic heterocycles. The third kappa shape index (κ3) is 14.9. The monoisotopic (exact) mass is 1080 g/mol. The van der Waals surface area contributed by atoms with E-state index in [2.05, 4.69) is 36.8 Å². The molecule has 0 spiro atoms. The molecular weight excluding hydrogens is 1020 g/mol. The van der Waals surface area contributed by atoms with Crippen LogP contribution in [0.1, 0.15) is 71.1 Å². The zero-order valence-electron chi connectivity index (χ0n) is 43.0. The summed E-state index contributed by atoms with van der Waals surface area (Å²) in [5, 5.41) is 56.0. The van der Waals surface area contributed by atoms with Crippen molar-refractivity contribution in [3.05, 3.63) is 192 Å². The molecule has 22 nitrogen and oxygen atoms in total. The number of rotatable bonds is 21. The van der Waals surface area contributed by atoms with E-state index in [1.54, 1.807) is 102 Å². The lowest BCUT2D eigenvalue weighted by molar-refractivity contribution is -0.138. The summed E-state index contributed by atoms with van der Waals surface area (Å²) in [5.41, 5.74) is 16.6. The lowest BCUT2D eigenvalue weighted by Gasteiger charge is -2.18. The molecule has 8 aromatic rings. The number of amides is 5. The van der Waals surface area contributed by atoms with Crippen LogP contribution in [0.5, 0.6) is 0 Å². The lowest BCUT2D eigenvalue weighted by atomic mass is 10.1. The number of carbonyl (C=O) groups is 7. The zero-order valence-corrected chi connectivity index (χ0v) is 43.0. The molecule has 0 aliphatic carbocycles. The Morgan fingerprint density at radius 3 is 1.27 bits per heavy atom. The molecule has 80 heavy (non-hydrogen) atoms. The summed E-state index contributed by atoms with van der Waals surface area (Å²) in [6, 6.07) is 48.1. The molecule has 2 aromatic heterocycles. The molecule has 0 bridgehead atoms. The first-order valence-corrected chi connectivity index (χ1v) is 24.8. The van der Waals surface area contributed by atoms with Crippen molar-refractivity contribution in [3.63, 3.8) is 0 Å². The van der Waals surface area contributed by atoms with Gasteiger partial charge < -0.3 is 48.3 Å². The van der Waals surface area contributed by atoms with Gasteiger partial charge in [0.25, 0.3) is 11.8 Å². The van der Waals surface area contributed by atoms with Crippen LogP contribution in [0.15, 0.2) is 170 Å². The van der Waals surface area contributed by atoms with Gasteiger partial charge in [0.1, 0.15) is 29.1 Å². The van der Waals surface area contributed by atoms with Crippen LogP contribution in [0.2, 0.25) is 0 Å². The minimum absolute atomic E-state index is 0.0186. The number of nitrogen functional groups attached to an aromatic ring is 2. The molecule has 0 saturated carbocycles. The minimum Gasteiger partial charge on any atom is -0.481 e. The molecule has 8 rings (SSSR count). The van der Waals surface area contributed by atoms with Crippen molar-refractivity contribution in [1.82, 2.24) is 24.9 Å². The molecule has 6 aromatic carbocycles. The Bertz CT molecular complexity index is 3550. The van der Waals surface area contributed by atoms with Crippen molar-refractivity contribution in [3.8, 4) is 33.9 Å². The first-order chi connectivity index (χ1) is 38.5. The Labute approximate surface area is 457 Å². The second kappa shape index (κ2) is 26.6. The van der Waals surface area contributed by atoms with Crippen LogP contribution in [-0.4, -0.2) is 89.0 Å². The summed E-state index contributed by atoms with van der Waals surface area (Å²) >= 11 is 0. The number of nitrogens with one attached hydrogen (secondary N) is 7. The number of amidine groups is 2. The van der Waals surface area contributed by atoms with E-state index in [1.165, 1.54) is 11.6 Å². The molecule has 406 valence electrons. The van der Waals surface area contributed by atoms with Gasteiger partial charge in [-0.3, -0.25) is 44.4 Å². The SMILES string of the molecule is CC(=O)NC(CCC(=O)O)C(=O)Nc1c(C(=O)Nc2ccc(C(=N)N)cc2)nn(-c2ccccc2)c1-c1ccccc1.N=C(N)c1ccc(NC(=O)c2nn(-c3ccccc3)c(-c3ccccc3)c2NC(=O)CCCC(=O)O)cc1. The number of carbonyl (C=O) groups excluding carboxylic acids is 5. The van der Waals surface area contributed by atoms with Crippen molar-refractivity contribution in [2.24, 2.45) is 11.5 Å². The maximum atomic E-state index is 13.7. The van der Waals surface area contributed by atoms with E-state index in [0.29, 0.717) is 50.8 Å². The second-order valence-electron chi connectivity index (χ2n) is 17.7. The molecule has 22 heteroatoms. The number of benzene rings is 6. The summed E-state index contributed by atoms with van der Waals surface area (Å²) < 4.78 is 3.12. The van der Waals surface area contributed by atoms with Gasteiger partial charge in [-0.05, 0) is 85.6 Å². The number of carboxylic acids is 2. The van der Waals surface area contributed by atoms with E-state index in [-0.39, 0.29) is 66.5 Å². The predicted molar refractivity (Wildman–Crippen MR) is 302 cm³/mol. The van der Waals surface area contributed by atoms with Crippen molar-refractivity contribution in [1.29, 1.82) is 10.8 Å². The Hall–Kier alpha value is -11.0. The first kappa shape index (κ1) is 56.7. The normalized spacial score (nSPS) is 10.9. The van der Waals surface area contributed by atoms with Gasteiger partial charge in [-0.1, -0.05) is 97.1 Å². The fourth-order valence-electron chi connectivity index (χ4n) is 8.07. The number of hydrogen-bond donors (Lipinski definition) is 11. The molecule has 2 heterocycles. The number of nitrogens with zero attached hydrogens (tertiary/aromatic N) is 4. The standard InChI is InChI=1S/C30H29N7O5.C28H26N6O4/c1-18(38)33-23(16-17-24(39)40)29(41)35-25-26(30(42)34-21-14-12-20(13-15-21)28(31)32)36-37(22-10-6-3-7-11-22)27(25)19-8-4-2-5-9-19;29-27(30)19-14-16-20(17-15-19)31-28(38)25-24(32-22(35)12-7-13-23(36)37)26(18-8-3-1-4-9-18)34(33-25)21-10-5-2-6-11-21/h2-15,23H,16-17H2,1H3,(H3,31,32)(H,33,38)(H,34,42)(H,35,41)(H,39,40);1-6,8-11,14-17H,7,12-13H2,(H3,29,30)(H,31,38)(H,32,35)(H,36,37). The number of aliphatic carboxylic acids is 2. The Balaban J connectivity index is 0.000000232. The van der Waals surface area contributed by atoms with Crippen molar-refractivity contribution >= 4 is 75.9 Å². The van der Waals surface area contributed by atoms with Gasteiger partial charge >= 0.3 is 11.9 Å². The van der Waals surface area contributed by atoms with E-state index < -0.39 is 47.5 Å². The maximum absolute atomic E-state index is 13.7. The Kier molecular flexibility index (Phi) is 18.9. The van der Waals surface area contributed by atoms with Gasteiger partial charge in [-0.25, -0.2) is 9.36 Å². The van der Waals surface area contributed by atoms with Crippen molar-refractivity contribution in [2.75, 3.05) is 21.3 Å². The van der Waals surface area contributed by atoms with Crippen molar-refractivity contribution < 1.29 is 43.8 Å². The fourth-order valence-corrected chi connectivity index (χ4v) is 8.07. The van der Waals surface area contributed by atoms with Crippen LogP contribution >= 0.6 is 0 Å². The lowest BCUT2D eigenvalue weighted by Crippen LogP contribution is -2.43. The highest BCUT2D eigenvalue weighted by Gasteiger charge is 2.30. The summed E-state index contributed by atoms with van der Waals surface area (Å²) in [4.78, 5) is 87.5. The molecule has 1 unspecified atom stereocenters. The fraction of sp³-hybridized carbons (Fsp3) is 0.121. The number of anilines is 4. The van der Waals surface area contributed by atoms with E-state index >= 15 is 0 Å². The average molecular weight is 1080 g/mol. The molecule has 0 fully saturated rings. The summed E-state index contributed by atoms with van der Waals surface area (Å²) in [7, 11) is 0. The number of hydrogen-bond acceptors (Lipinski definition) is 11. The Morgan fingerprint density at radius 2 is 0.900 bits per heavy atom. The third-order valence-electron chi connectivity index (χ3n) is 11.9. The van der Waals surface area contributed by atoms with Crippen molar-refractivity contribution in [2.45, 2.75) is 45.1 Å². The average Bonchev–Trinajstić information content (AvgIpc) is 4.10. The molecule has 0 aliphatic rings. The van der Waals surface area contributed by atoms with Gasteiger partial charge in [0.15, 0.2) is 11.4 Å². The number of aromatic nitrogens is 4. The molecular formula is C58H55N13O9. The summed E-state index contributed by atoms with van der Waals surface area (Å²) in [5.74, 6) is -5.20. The summed E-state index contributed by atoms with van der Waals surface area (Å²) in [6.07, 6.45) is -0.565. The van der Waals surface area contributed by atoms with Crippen LogP contribution in [0.25, 0.3) is 33.9 Å². The van der Waals surface area contributed by atoms with Crippen LogP contribution in [-0.2, 0) is 24.0 Å². The van der Waals surface area contributed by atoms with Gasteiger partial charge in [0.2, 0.25) is 17.7 Å². The van der Waals surface area contributed by atoms with E-state index in [1.807, 2.05) is 72.8 Å². The number of para-hydroxylation sites is 2. The van der Waals surface area contributed by atoms with Gasteiger partial charge in [0, 0.05) is 59.8 Å². The Morgan fingerprint density at radius 1 is 0.512 bits per heavy atom. The quantitative estimate of drug-likeness (QED) is 0.0243. The minimum atomic E-state index is -1.18. The van der Waals surface area contributed by atoms with Gasteiger partial charge in [0.05, 0.1) is 22.8 Å². The maximum Gasteiger partial charge on any atom is 0.303 e. The smallest absolute Gasteiger partial charge is 0.303 e. The highest BCUT2D eigenvalue weighted by atomic mass is 16.4. The van der Waals surface area contributed by atoms with Crippen LogP contribution < -0.4 is 38.1 Å². The van der Waals surface area contributed by atoms with E-state index in [4.69, 9.17) is 32.5 Å². The number of carboxylic acid groups (broad SMARTS) is 2. The van der Waals surface area contributed by atoms with Crippen LogP contribution in [0.3, 0.4) is 0 Å². The number of nitrogens with two attached hydrogens (primary N) is 2. The van der Waals surface area contributed by atoms with Gasteiger partial charge in [-0.2, -0.15) is 10.2 Å². The van der Waals surface area contributed by atoms with Crippen LogP contribution in [0, 0.1) is 10.8 Å². The van der Waals surface area contributed by atoms with E-state index in [9.17, 15) is 33.6 Å².